The van der Waals surface area contributed by atoms with Gasteiger partial charge in [0.25, 0.3) is 0 Å². The number of hydrogen-bond acceptors (Lipinski definition) is 3. The molecule has 0 spiro atoms. The summed E-state index contributed by atoms with van der Waals surface area (Å²) in [6.07, 6.45) is 3.89. The predicted octanol–water partition coefficient (Wildman–Crippen LogP) is 3.43. The summed E-state index contributed by atoms with van der Waals surface area (Å²) < 4.78 is 2.20. The van der Waals surface area contributed by atoms with E-state index in [-0.39, 0.29) is 24.0 Å². The third-order valence-corrected chi connectivity index (χ3v) is 4.07. The highest BCUT2D eigenvalue weighted by Gasteiger charge is 2.09. The molecule has 0 aliphatic heterocycles. The van der Waals surface area contributed by atoms with Crippen LogP contribution in [0.4, 0.5) is 0 Å². The van der Waals surface area contributed by atoms with Gasteiger partial charge in [0.05, 0.1) is 6.54 Å². The first-order valence-electron chi connectivity index (χ1n) is 7.53. The second-order valence-electron chi connectivity index (χ2n) is 5.78. The largest absolute Gasteiger partial charge is 0.349 e. The smallest absolute Gasteiger partial charge is 0.194 e. The molecular weight excluding hydrogens is 421 g/mol. The maximum atomic E-state index is 4.44. The molecule has 0 unspecified atom stereocenters. The van der Waals surface area contributed by atoms with E-state index in [0.717, 1.165) is 24.9 Å². The van der Waals surface area contributed by atoms with E-state index in [4.69, 9.17) is 0 Å². The van der Waals surface area contributed by atoms with Crippen LogP contribution in [0.1, 0.15) is 25.2 Å². The van der Waals surface area contributed by atoms with E-state index in [1.807, 2.05) is 26.5 Å². The maximum Gasteiger partial charge on any atom is 0.194 e. The number of nitrogens with one attached hydrogen (secondary N) is 1. The molecule has 0 radical (unpaired) electrons. The summed E-state index contributed by atoms with van der Waals surface area (Å²) in [5.74, 6) is 2.53. The van der Waals surface area contributed by atoms with Crippen molar-refractivity contribution in [2.24, 2.45) is 10.9 Å². The van der Waals surface area contributed by atoms with Crippen molar-refractivity contribution < 1.29 is 0 Å². The predicted molar refractivity (Wildman–Crippen MR) is 108 cm³/mol. The molecule has 0 aromatic carbocycles. The normalized spacial score (nSPS) is 11.4. The van der Waals surface area contributed by atoms with Crippen molar-refractivity contribution in [2.45, 2.75) is 33.5 Å². The van der Waals surface area contributed by atoms with Crippen LogP contribution in [0.3, 0.4) is 0 Å². The summed E-state index contributed by atoms with van der Waals surface area (Å²) in [7, 11) is 3.86. The van der Waals surface area contributed by atoms with Gasteiger partial charge in [0.1, 0.15) is 5.82 Å². The molecule has 2 aromatic rings. The highest BCUT2D eigenvalue weighted by molar-refractivity contribution is 14.0. The van der Waals surface area contributed by atoms with Gasteiger partial charge >= 0.3 is 0 Å². The zero-order valence-corrected chi connectivity index (χ0v) is 17.3. The molecule has 0 fully saturated rings. The van der Waals surface area contributed by atoms with Gasteiger partial charge in [0.2, 0.25) is 0 Å². The van der Waals surface area contributed by atoms with Gasteiger partial charge in [-0.15, -0.1) is 24.0 Å². The number of guanidine groups is 1. The van der Waals surface area contributed by atoms with E-state index in [1.165, 1.54) is 5.56 Å². The van der Waals surface area contributed by atoms with Crippen LogP contribution in [0.2, 0.25) is 0 Å². The number of hydrogen-bond donors (Lipinski definition) is 1. The zero-order chi connectivity index (χ0) is 15.9. The number of aromatic nitrogens is 2. The van der Waals surface area contributed by atoms with Crippen LogP contribution in [0.5, 0.6) is 0 Å². The average molecular weight is 447 g/mol. The van der Waals surface area contributed by atoms with E-state index in [2.05, 4.69) is 55.4 Å². The number of rotatable bonds is 6. The standard InChI is InChI=1S/C16H25N5S.HI/c1-13(2)10-21-7-6-18-15(21)9-19-16(17-3)20(4)11-14-5-8-22-12-14;/h5-8,12-13H,9-11H2,1-4H3,(H,17,19);1H. The quantitative estimate of drug-likeness (QED) is 0.420. The van der Waals surface area contributed by atoms with Crippen LogP contribution < -0.4 is 5.32 Å². The topological polar surface area (TPSA) is 45.5 Å². The first-order chi connectivity index (χ1) is 10.6. The SMILES string of the molecule is CN=C(NCc1nccn1CC(C)C)N(C)Cc1ccsc1.I. The van der Waals surface area contributed by atoms with Gasteiger partial charge < -0.3 is 14.8 Å². The van der Waals surface area contributed by atoms with Crippen LogP contribution in [0.15, 0.2) is 34.2 Å². The number of aliphatic imine (C=N–C) groups is 1. The number of halogens is 1. The van der Waals surface area contributed by atoms with Crippen LogP contribution >= 0.6 is 35.3 Å². The fraction of sp³-hybridized carbons (Fsp3) is 0.500. The second-order valence-corrected chi connectivity index (χ2v) is 6.56. The Morgan fingerprint density at radius 3 is 2.87 bits per heavy atom. The summed E-state index contributed by atoms with van der Waals surface area (Å²) in [6, 6.07) is 2.14. The Bertz CT molecular complexity index is 591. The molecule has 2 heterocycles. The Labute approximate surface area is 159 Å². The lowest BCUT2D eigenvalue weighted by atomic mass is 10.2. The Balaban J connectivity index is 0.00000264. The third-order valence-electron chi connectivity index (χ3n) is 3.34. The van der Waals surface area contributed by atoms with Crippen molar-refractivity contribution in [3.05, 3.63) is 40.6 Å². The lowest BCUT2D eigenvalue weighted by Gasteiger charge is -2.22. The Kier molecular flexibility index (Phi) is 8.60. The van der Waals surface area contributed by atoms with Crippen LogP contribution in [-0.2, 0) is 19.6 Å². The van der Waals surface area contributed by atoms with Crippen molar-refractivity contribution in [1.82, 2.24) is 19.8 Å². The van der Waals surface area contributed by atoms with Crippen molar-refractivity contribution in [1.29, 1.82) is 0 Å². The fourth-order valence-electron chi connectivity index (χ4n) is 2.34. The van der Waals surface area contributed by atoms with Crippen molar-refractivity contribution in [3.63, 3.8) is 0 Å². The van der Waals surface area contributed by atoms with Gasteiger partial charge in [0.15, 0.2) is 5.96 Å². The van der Waals surface area contributed by atoms with E-state index in [0.29, 0.717) is 12.5 Å². The molecule has 5 nitrogen and oxygen atoms in total. The van der Waals surface area contributed by atoms with E-state index < -0.39 is 0 Å². The molecule has 128 valence electrons. The van der Waals surface area contributed by atoms with E-state index in [1.54, 1.807) is 11.3 Å². The number of thiophene rings is 1. The maximum absolute atomic E-state index is 4.44. The molecule has 0 saturated heterocycles. The molecule has 2 aromatic heterocycles. The van der Waals surface area contributed by atoms with E-state index in [9.17, 15) is 0 Å². The number of nitrogens with zero attached hydrogens (tertiary/aromatic N) is 4. The molecule has 7 heteroatoms. The summed E-state index contributed by atoms with van der Waals surface area (Å²) >= 11 is 1.72. The second kappa shape index (κ2) is 9.92. The molecule has 0 aliphatic rings. The van der Waals surface area contributed by atoms with Crippen LogP contribution in [-0.4, -0.2) is 34.5 Å². The minimum atomic E-state index is 0. The Morgan fingerprint density at radius 2 is 2.26 bits per heavy atom. The van der Waals surface area contributed by atoms with Gasteiger partial charge in [-0.05, 0) is 28.3 Å². The zero-order valence-electron chi connectivity index (χ0n) is 14.2. The molecule has 0 amide bonds. The molecule has 0 bridgehead atoms. The molecular formula is C16H26IN5S. The summed E-state index contributed by atoms with van der Waals surface area (Å²) in [5, 5.41) is 7.66. The van der Waals surface area contributed by atoms with Crippen LogP contribution in [0.25, 0.3) is 0 Å². The van der Waals surface area contributed by atoms with Crippen LogP contribution in [0, 0.1) is 5.92 Å². The van der Waals surface area contributed by atoms with E-state index >= 15 is 0 Å². The molecule has 23 heavy (non-hydrogen) atoms. The van der Waals surface area contributed by atoms with Gasteiger partial charge in [-0.3, -0.25) is 4.99 Å². The minimum Gasteiger partial charge on any atom is -0.349 e. The lowest BCUT2D eigenvalue weighted by Crippen LogP contribution is -2.38. The molecule has 0 aliphatic carbocycles. The van der Waals surface area contributed by atoms with Gasteiger partial charge in [-0.1, -0.05) is 13.8 Å². The van der Waals surface area contributed by atoms with Crippen molar-refractivity contribution in [3.8, 4) is 0 Å². The molecule has 1 N–H and O–H groups in total. The molecule has 0 atom stereocenters. The Morgan fingerprint density at radius 1 is 1.48 bits per heavy atom. The molecule has 0 saturated carbocycles. The number of imidazole rings is 1. The van der Waals surface area contributed by atoms with Gasteiger partial charge in [-0.25, -0.2) is 4.98 Å². The summed E-state index contributed by atoms with van der Waals surface area (Å²) in [4.78, 5) is 10.9. The Hall–Kier alpha value is -1.09. The van der Waals surface area contributed by atoms with Gasteiger partial charge in [0, 0.05) is 39.6 Å². The first-order valence-corrected chi connectivity index (χ1v) is 8.47. The summed E-state index contributed by atoms with van der Waals surface area (Å²) in [6.45, 7) is 6.94. The molecule has 2 rings (SSSR count). The highest BCUT2D eigenvalue weighted by Crippen LogP contribution is 2.09. The van der Waals surface area contributed by atoms with Crippen molar-refractivity contribution >= 4 is 41.3 Å². The van der Waals surface area contributed by atoms with Gasteiger partial charge in [-0.2, -0.15) is 11.3 Å². The fourth-order valence-corrected chi connectivity index (χ4v) is 3.00. The monoisotopic (exact) mass is 447 g/mol. The highest BCUT2D eigenvalue weighted by atomic mass is 127. The average Bonchev–Trinajstić information content (AvgIpc) is 3.11. The first kappa shape index (κ1) is 20.0. The third kappa shape index (κ3) is 6.14. The van der Waals surface area contributed by atoms with Crippen molar-refractivity contribution in [2.75, 3.05) is 14.1 Å². The minimum absolute atomic E-state index is 0. The summed E-state index contributed by atoms with van der Waals surface area (Å²) in [5.41, 5.74) is 1.30. The lowest BCUT2D eigenvalue weighted by molar-refractivity contribution is 0.468.